The van der Waals surface area contributed by atoms with Crippen molar-refractivity contribution in [2.24, 2.45) is 11.8 Å². The van der Waals surface area contributed by atoms with Crippen LogP contribution in [0.4, 0.5) is 0 Å². The number of likely N-dealkylation sites (tertiary alicyclic amines) is 2. The van der Waals surface area contributed by atoms with Crippen molar-refractivity contribution >= 4 is 5.91 Å². The van der Waals surface area contributed by atoms with Crippen molar-refractivity contribution in [3.63, 3.8) is 0 Å². The Labute approximate surface area is 146 Å². The van der Waals surface area contributed by atoms with Crippen LogP contribution in [0, 0.1) is 11.8 Å². The number of hydrogen-bond acceptors (Lipinski definition) is 4. The monoisotopic (exact) mass is 338 g/mol. The first-order valence-electron chi connectivity index (χ1n) is 9.90. The first-order chi connectivity index (χ1) is 11.6. The minimum absolute atomic E-state index is 0.150. The molecule has 3 saturated heterocycles. The quantitative estimate of drug-likeness (QED) is 0.832. The molecule has 24 heavy (non-hydrogen) atoms. The Morgan fingerprint density at radius 3 is 2.58 bits per heavy atom. The van der Waals surface area contributed by atoms with Gasteiger partial charge >= 0.3 is 0 Å². The van der Waals surface area contributed by atoms with E-state index in [1.165, 1.54) is 25.9 Å². The molecule has 0 aromatic rings. The Morgan fingerprint density at radius 2 is 1.92 bits per heavy atom. The third-order valence-electron chi connectivity index (χ3n) is 6.47. The number of hydrogen-bond donors (Lipinski definition) is 1. The highest BCUT2D eigenvalue weighted by molar-refractivity contribution is 5.76. The van der Waals surface area contributed by atoms with Crippen LogP contribution in [0.15, 0.2) is 0 Å². The molecular weight excluding hydrogens is 304 g/mol. The zero-order chi connectivity index (χ0) is 17.0. The van der Waals surface area contributed by atoms with Gasteiger partial charge in [-0.1, -0.05) is 6.92 Å². The molecule has 0 aromatic heterocycles. The second kappa shape index (κ2) is 8.15. The highest BCUT2D eigenvalue weighted by atomic mass is 16.5. The van der Waals surface area contributed by atoms with Crippen LogP contribution in [0.3, 0.4) is 0 Å². The molecule has 3 aliphatic rings. The van der Waals surface area contributed by atoms with Gasteiger partial charge in [-0.05, 0) is 64.1 Å². The number of nitrogens with zero attached hydrogens (tertiary/aromatic N) is 2. The maximum Gasteiger partial charge on any atom is 0.222 e. The van der Waals surface area contributed by atoms with Crippen molar-refractivity contribution in [2.45, 2.75) is 57.5 Å². The lowest BCUT2D eigenvalue weighted by molar-refractivity contribution is -0.151. The van der Waals surface area contributed by atoms with Gasteiger partial charge in [-0.2, -0.15) is 0 Å². The van der Waals surface area contributed by atoms with Gasteiger partial charge in [0.2, 0.25) is 5.91 Å². The summed E-state index contributed by atoms with van der Waals surface area (Å²) in [5.41, 5.74) is -0.615. The van der Waals surface area contributed by atoms with E-state index in [1.54, 1.807) is 0 Å². The van der Waals surface area contributed by atoms with Crippen LogP contribution in [-0.2, 0) is 9.53 Å². The zero-order valence-electron chi connectivity index (χ0n) is 15.2. The van der Waals surface area contributed by atoms with Crippen LogP contribution in [0.2, 0.25) is 0 Å². The minimum Gasteiger partial charge on any atom is -0.389 e. The van der Waals surface area contributed by atoms with Crippen molar-refractivity contribution in [1.82, 2.24) is 9.80 Å². The van der Waals surface area contributed by atoms with E-state index in [2.05, 4.69) is 11.8 Å². The van der Waals surface area contributed by atoms with E-state index in [-0.39, 0.29) is 11.8 Å². The number of aliphatic hydroxyl groups is 1. The molecule has 3 aliphatic heterocycles. The summed E-state index contributed by atoms with van der Waals surface area (Å²) in [5, 5.41) is 11.2. The van der Waals surface area contributed by atoms with Crippen molar-refractivity contribution in [1.29, 1.82) is 0 Å². The van der Waals surface area contributed by atoms with E-state index in [1.807, 2.05) is 4.90 Å². The van der Waals surface area contributed by atoms with E-state index in [0.29, 0.717) is 25.4 Å². The molecule has 5 nitrogen and oxygen atoms in total. The molecule has 0 aromatic carbocycles. The van der Waals surface area contributed by atoms with Gasteiger partial charge in [0.15, 0.2) is 0 Å². The van der Waals surface area contributed by atoms with E-state index in [9.17, 15) is 9.90 Å². The molecule has 0 aliphatic carbocycles. The molecule has 0 bridgehead atoms. The molecule has 3 heterocycles. The summed E-state index contributed by atoms with van der Waals surface area (Å²) in [6, 6.07) is 0. The highest BCUT2D eigenvalue weighted by Crippen LogP contribution is 2.39. The van der Waals surface area contributed by atoms with Crippen LogP contribution in [0.5, 0.6) is 0 Å². The topological polar surface area (TPSA) is 53.0 Å². The molecule has 0 spiro atoms. The third kappa shape index (κ3) is 4.12. The molecule has 5 heteroatoms. The average molecular weight is 338 g/mol. The molecule has 0 unspecified atom stereocenters. The van der Waals surface area contributed by atoms with Crippen LogP contribution < -0.4 is 0 Å². The average Bonchev–Trinajstić information content (AvgIpc) is 3.11. The van der Waals surface area contributed by atoms with E-state index >= 15 is 0 Å². The molecular formula is C19H34N2O3. The number of amides is 1. The number of ether oxygens (including phenoxy) is 1. The fourth-order valence-electron chi connectivity index (χ4n) is 4.79. The number of piperidine rings is 1. The van der Waals surface area contributed by atoms with Crippen LogP contribution in [0.25, 0.3) is 0 Å². The minimum atomic E-state index is -0.615. The van der Waals surface area contributed by atoms with Gasteiger partial charge in [0.05, 0.1) is 5.60 Å². The fraction of sp³-hybridized carbons (Fsp3) is 0.947. The van der Waals surface area contributed by atoms with E-state index in [0.717, 1.165) is 45.4 Å². The molecule has 2 atom stereocenters. The zero-order valence-corrected chi connectivity index (χ0v) is 15.2. The highest BCUT2D eigenvalue weighted by Gasteiger charge is 2.45. The van der Waals surface area contributed by atoms with Gasteiger partial charge < -0.3 is 19.6 Å². The van der Waals surface area contributed by atoms with Crippen molar-refractivity contribution in [3.8, 4) is 0 Å². The SMILES string of the molecule is C[C@@H]1CN(C(=O)CCCN2CCCC2)CC[C@@]1(O)C1CCOCC1. The van der Waals surface area contributed by atoms with Gasteiger partial charge in [-0.3, -0.25) is 4.79 Å². The Kier molecular flexibility index (Phi) is 6.17. The lowest BCUT2D eigenvalue weighted by Gasteiger charge is -2.48. The molecule has 0 radical (unpaired) electrons. The lowest BCUT2D eigenvalue weighted by Crippen LogP contribution is -2.56. The Balaban J connectivity index is 1.44. The van der Waals surface area contributed by atoms with Crippen molar-refractivity contribution < 1.29 is 14.6 Å². The largest absolute Gasteiger partial charge is 0.389 e. The van der Waals surface area contributed by atoms with Gasteiger partial charge in [0.25, 0.3) is 0 Å². The predicted molar refractivity (Wildman–Crippen MR) is 93.8 cm³/mol. The second-order valence-corrected chi connectivity index (χ2v) is 8.02. The first-order valence-corrected chi connectivity index (χ1v) is 9.90. The Hall–Kier alpha value is -0.650. The summed E-state index contributed by atoms with van der Waals surface area (Å²) in [6.45, 7) is 8.51. The summed E-state index contributed by atoms with van der Waals surface area (Å²) in [4.78, 5) is 17.0. The molecule has 1 amide bonds. The fourth-order valence-corrected chi connectivity index (χ4v) is 4.79. The lowest BCUT2D eigenvalue weighted by atomic mass is 9.70. The maximum absolute atomic E-state index is 12.5. The van der Waals surface area contributed by atoms with E-state index < -0.39 is 5.60 Å². The smallest absolute Gasteiger partial charge is 0.222 e. The standard InChI is InChI=1S/C19H34N2O3/c1-16-15-21(18(22)5-4-11-20-9-2-3-10-20)12-8-19(16,23)17-6-13-24-14-7-17/h16-17,23H,2-15H2,1H3/t16-,19+/m1/s1. The summed E-state index contributed by atoms with van der Waals surface area (Å²) in [7, 11) is 0. The van der Waals surface area contributed by atoms with E-state index in [4.69, 9.17) is 4.74 Å². The third-order valence-corrected chi connectivity index (χ3v) is 6.47. The molecule has 3 fully saturated rings. The summed E-state index contributed by atoms with van der Waals surface area (Å²) >= 11 is 0. The van der Waals surface area contributed by atoms with Gasteiger partial charge in [0.1, 0.15) is 0 Å². The first kappa shape index (κ1) is 18.2. The Morgan fingerprint density at radius 1 is 1.21 bits per heavy atom. The molecule has 138 valence electrons. The summed E-state index contributed by atoms with van der Waals surface area (Å²) < 4.78 is 5.44. The molecule has 0 saturated carbocycles. The van der Waals surface area contributed by atoms with Gasteiger partial charge in [-0.25, -0.2) is 0 Å². The normalized spacial score (nSPS) is 33.1. The maximum atomic E-state index is 12.5. The van der Waals surface area contributed by atoms with Gasteiger partial charge in [-0.15, -0.1) is 0 Å². The second-order valence-electron chi connectivity index (χ2n) is 8.02. The molecule has 1 N–H and O–H groups in total. The van der Waals surface area contributed by atoms with Gasteiger partial charge in [0, 0.05) is 38.6 Å². The Bertz CT molecular complexity index is 419. The van der Waals surface area contributed by atoms with Crippen LogP contribution in [-0.4, -0.2) is 72.4 Å². The summed E-state index contributed by atoms with van der Waals surface area (Å²) in [6.07, 6.45) is 6.85. The predicted octanol–water partition coefficient (Wildman–Crippen LogP) is 1.89. The summed E-state index contributed by atoms with van der Waals surface area (Å²) in [5.74, 6) is 0.751. The van der Waals surface area contributed by atoms with Crippen LogP contribution in [0.1, 0.15) is 51.9 Å². The number of carbonyl (C=O) groups is 1. The number of rotatable bonds is 5. The van der Waals surface area contributed by atoms with Crippen molar-refractivity contribution in [2.75, 3.05) is 45.9 Å². The number of carbonyl (C=O) groups excluding carboxylic acids is 1. The van der Waals surface area contributed by atoms with Crippen LogP contribution >= 0.6 is 0 Å². The van der Waals surface area contributed by atoms with Crippen molar-refractivity contribution in [3.05, 3.63) is 0 Å². The molecule has 3 rings (SSSR count).